The van der Waals surface area contributed by atoms with Crippen LogP contribution in [0.2, 0.25) is 0 Å². The molecule has 0 saturated heterocycles. The van der Waals surface area contributed by atoms with Gasteiger partial charge < -0.3 is 20.6 Å². The van der Waals surface area contributed by atoms with E-state index in [1.807, 2.05) is 0 Å². The molecule has 0 aliphatic rings. The number of hydrogen-bond donors (Lipinski definition) is 2. The molecule has 0 aliphatic carbocycles. The Morgan fingerprint density at radius 1 is 1.13 bits per heavy atom. The van der Waals surface area contributed by atoms with E-state index in [1.165, 1.54) is 36.1 Å². The Morgan fingerprint density at radius 2 is 1.84 bits per heavy atom. The molecule has 0 saturated carbocycles. The van der Waals surface area contributed by atoms with E-state index in [4.69, 9.17) is 15.3 Å². The summed E-state index contributed by atoms with van der Waals surface area (Å²) in [6.07, 6.45) is 1.12. The van der Waals surface area contributed by atoms with Crippen molar-refractivity contribution in [2.45, 2.75) is 10.1 Å². The number of nitrogens with one attached hydrogen (secondary N) is 1. The van der Waals surface area contributed by atoms with E-state index in [9.17, 15) is 13.2 Å². The van der Waals surface area contributed by atoms with Crippen LogP contribution in [0.15, 0.2) is 52.5 Å². The minimum atomic E-state index is -3.29. The van der Waals surface area contributed by atoms with Crippen molar-refractivity contribution in [3.63, 3.8) is 0 Å². The van der Waals surface area contributed by atoms with Gasteiger partial charge in [0.25, 0.3) is 0 Å². The molecule has 3 rings (SSSR count). The number of anilines is 1. The number of amides is 1. The van der Waals surface area contributed by atoms with Crippen molar-refractivity contribution in [3.05, 3.63) is 42.5 Å². The normalized spacial score (nSPS) is 11.2. The summed E-state index contributed by atoms with van der Waals surface area (Å²) >= 11 is 1.11. The molecule has 0 unspecified atom stereocenters. The van der Waals surface area contributed by atoms with Crippen LogP contribution in [0, 0.1) is 0 Å². The van der Waals surface area contributed by atoms with E-state index in [-0.39, 0.29) is 16.6 Å². The summed E-state index contributed by atoms with van der Waals surface area (Å²) in [5, 5.41) is 11.2. The molecule has 0 aliphatic heterocycles. The fourth-order valence-electron chi connectivity index (χ4n) is 2.66. The SMILES string of the molecule is COc1ccc(-c2nnc(SCC(=O)Nc3ccc(S(C)(=O)=O)cc3)n2N)c(OC)c1. The Labute approximate surface area is 183 Å². The van der Waals surface area contributed by atoms with Crippen LogP contribution in [0.5, 0.6) is 11.5 Å². The Bertz CT molecular complexity index is 1190. The van der Waals surface area contributed by atoms with Gasteiger partial charge in [-0.05, 0) is 36.4 Å². The number of aromatic nitrogens is 3. The highest BCUT2D eigenvalue weighted by Gasteiger charge is 2.18. The molecule has 0 spiro atoms. The van der Waals surface area contributed by atoms with Crippen molar-refractivity contribution in [1.29, 1.82) is 0 Å². The number of rotatable bonds is 8. The fourth-order valence-corrected chi connectivity index (χ4v) is 3.94. The first-order valence-corrected chi connectivity index (χ1v) is 11.8. The van der Waals surface area contributed by atoms with E-state index in [0.29, 0.717) is 33.7 Å². The maximum atomic E-state index is 12.2. The van der Waals surface area contributed by atoms with Crippen LogP contribution in [0.1, 0.15) is 0 Å². The minimum absolute atomic E-state index is 0.0307. The molecular weight excluding hydrogens is 442 g/mol. The number of ether oxygens (including phenoxy) is 2. The summed E-state index contributed by atoms with van der Waals surface area (Å²) in [4.78, 5) is 12.4. The zero-order chi connectivity index (χ0) is 22.6. The first kappa shape index (κ1) is 22.4. The van der Waals surface area contributed by atoms with Crippen molar-refractivity contribution in [3.8, 4) is 22.9 Å². The summed E-state index contributed by atoms with van der Waals surface area (Å²) < 4.78 is 34.8. The van der Waals surface area contributed by atoms with Gasteiger partial charge in [0, 0.05) is 18.0 Å². The van der Waals surface area contributed by atoms with E-state index in [0.717, 1.165) is 18.0 Å². The van der Waals surface area contributed by atoms with Crippen molar-refractivity contribution in [2.24, 2.45) is 0 Å². The van der Waals surface area contributed by atoms with Crippen LogP contribution in [-0.2, 0) is 14.6 Å². The lowest BCUT2D eigenvalue weighted by atomic mass is 10.2. The van der Waals surface area contributed by atoms with Crippen LogP contribution in [-0.4, -0.2) is 55.4 Å². The molecule has 12 heteroatoms. The third kappa shape index (κ3) is 5.27. The summed E-state index contributed by atoms with van der Waals surface area (Å²) in [7, 11) is -0.212. The quantitative estimate of drug-likeness (QED) is 0.378. The summed E-state index contributed by atoms with van der Waals surface area (Å²) in [5.41, 5.74) is 1.11. The predicted octanol–water partition coefficient (Wildman–Crippen LogP) is 1.81. The highest BCUT2D eigenvalue weighted by molar-refractivity contribution is 7.99. The van der Waals surface area contributed by atoms with Gasteiger partial charge in [-0.2, -0.15) is 0 Å². The van der Waals surface area contributed by atoms with Crippen molar-refractivity contribution in [1.82, 2.24) is 14.9 Å². The molecule has 164 valence electrons. The van der Waals surface area contributed by atoms with Gasteiger partial charge in [-0.15, -0.1) is 10.2 Å². The van der Waals surface area contributed by atoms with E-state index in [2.05, 4.69) is 15.5 Å². The Balaban J connectivity index is 1.67. The van der Waals surface area contributed by atoms with Crippen LogP contribution < -0.4 is 20.6 Å². The first-order valence-electron chi connectivity index (χ1n) is 8.88. The van der Waals surface area contributed by atoms with Gasteiger partial charge >= 0.3 is 0 Å². The molecule has 1 amide bonds. The van der Waals surface area contributed by atoms with E-state index >= 15 is 0 Å². The number of nitrogens with zero attached hydrogens (tertiary/aromatic N) is 3. The number of hydrogen-bond acceptors (Lipinski definition) is 9. The molecular formula is C19H21N5O5S2. The first-order chi connectivity index (χ1) is 14.7. The molecule has 1 aromatic heterocycles. The molecule has 0 atom stereocenters. The third-order valence-electron chi connectivity index (χ3n) is 4.21. The standard InChI is InChI=1S/C19H21N5O5S2/c1-28-13-6-9-15(16(10-13)29-2)18-22-23-19(24(18)20)30-11-17(25)21-12-4-7-14(8-5-12)31(3,26)27/h4-10H,11,20H2,1-3H3,(H,21,25). The second kappa shape index (κ2) is 9.27. The molecule has 1 heterocycles. The number of benzene rings is 2. The summed E-state index contributed by atoms with van der Waals surface area (Å²) in [6.45, 7) is 0. The van der Waals surface area contributed by atoms with Gasteiger partial charge in [0.15, 0.2) is 15.7 Å². The van der Waals surface area contributed by atoms with Crippen LogP contribution in [0.3, 0.4) is 0 Å². The molecule has 3 aromatic rings. The molecule has 3 N–H and O–H groups in total. The fraction of sp³-hybridized carbons (Fsp3) is 0.211. The monoisotopic (exact) mass is 463 g/mol. The summed E-state index contributed by atoms with van der Waals surface area (Å²) in [5.74, 6) is 7.37. The molecule has 2 aromatic carbocycles. The maximum absolute atomic E-state index is 12.2. The number of nitrogens with two attached hydrogens (primary N) is 1. The Kier molecular flexibility index (Phi) is 6.71. The Hall–Kier alpha value is -3.25. The van der Waals surface area contributed by atoms with Gasteiger partial charge in [0.1, 0.15) is 11.5 Å². The number of methoxy groups -OCH3 is 2. The molecule has 31 heavy (non-hydrogen) atoms. The van der Waals surface area contributed by atoms with Crippen LogP contribution in [0.25, 0.3) is 11.4 Å². The molecule has 0 fully saturated rings. The lowest BCUT2D eigenvalue weighted by Gasteiger charge is -2.10. The summed E-state index contributed by atoms with van der Waals surface area (Å²) in [6, 6.07) is 11.1. The smallest absolute Gasteiger partial charge is 0.234 e. The average Bonchev–Trinajstić information content (AvgIpc) is 3.11. The Morgan fingerprint density at radius 3 is 2.45 bits per heavy atom. The number of carbonyl (C=O) groups excluding carboxylic acids is 1. The number of carbonyl (C=O) groups is 1. The van der Waals surface area contributed by atoms with Crippen molar-refractivity contribution in [2.75, 3.05) is 37.4 Å². The highest BCUT2D eigenvalue weighted by Crippen LogP contribution is 2.33. The number of nitrogen functional groups attached to an aromatic ring is 1. The number of sulfone groups is 1. The van der Waals surface area contributed by atoms with Gasteiger partial charge in [-0.3, -0.25) is 4.79 Å². The van der Waals surface area contributed by atoms with Gasteiger partial charge in [-0.1, -0.05) is 11.8 Å². The van der Waals surface area contributed by atoms with E-state index < -0.39 is 9.84 Å². The van der Waals surface area contributed by atoms with E-state index in [1.54, 1.807) is 25.3 Å². The largest absolute Gasteiger partial charge is 0.497 e. The van der Waals surface area contributed by atoms with Crippen molar-refractivity contribution >= 4 is 33.2 Å². The second-order valence-electron chi connectivity index (χ2n) is 6.38. The zero-order valence-electron chi connectivity index (χ0n) is 17.0. The predicted molar refractivity (Wildman–Crippen MR) is 118 cm³/mol. The van der Waals surface area contributed by atoms with Gasteiger partial charge in [-0.25, -0.2) is 13.1 Å². The second-order valence-corrected chi connectivity index (χ2v) is 9.33. The zero-order valence-corrected chi connectivity index (χ0v) is 18.7. The topological polar surface area (TPSA) is 138 Å². The molecule has 0 bridgehead atoms. The lowest BCUT2D eigenvalue weighted by molar-refractivity contribution is -0.113. The average molecular weight is 464 g/mol. The molecule has 0 radical (unpaired) electrons. The minimum Gasteiger partial charge on any atom is -0.497 e. The third-order valence-corrected chi connectivity index (χ3v) is 6.28. The van der Waals surface area contributed by atoms with Gasteiger partial charge in [0.05, 0.1) is 30.4 Å². The van der Waals surface area contributed by atoms with Gasteiger partial charge in [0.2, 0.25) is 11.1 Å². The van der Waals surface area contributed by atoms with Crippen LogP contribution in [0.4, 0.5) is 5.69 Å². The number of thioether (sulfide) groups is 1. The molecule has 10 nitrogen and oxygen atoms in total. The maximum Gasteiger partial charge on any atom is 0.234 e. The lowest BCUT2D eigenvalue weighted by Crippen LogP contribution is -2.16. The van der Waals surface area contributed by atoms with Crippen LogP contribution >= 0.6 is 11.8 Å². The highest BCUT2D eigenvalue weighted by atomic mass is 32.2. The van der Waals surface area contributed by atoms with Crippen molar-refractivity contribution < 1.29 is 22.7 Å².